The van der Waals surface area contributed by atoms with Crippen molar-refractivity contribution in [3.63, 3.8) is 0 Å². The van der Waals surface area contributed by atoms with Crippen LogP contribution in [0.15, 0.2) is 23.2 Å². The van der Waals surface area contributed by atoms with E-state index < -0.39 is 0 Å². The quantitative estimate of drug-likeness (QED) is 0.810. The number of rotatable bonds is 1. The fourth-order valence-electron chi connectivity index (χ4n) is 1.53. The lowest BCUT2D eigenvalue weighted by Gasteiger charge is -2.18. The zero-order chi connectivity index (χ0) is 11.5. The topological polar surface area (TPSA) is 24.4 Å². The molecule has 0 fully saturated rings. The van der Waals surface area contributed by atoms with E-state index in [0.29, 0.717) is 11.7 Å². The first-order valence-corrected chi connectivity index (χ1v) is 6.37. The van der Waals surface area contributed by atoms with Crippen LogP contribution in [0.25, 0.3) is 0 Å². The van der Waals surface area contributed by atoms with E-state index in [4.69, 9.17) is 0 Å². The molecule has 1 unspecified atom stereocenters. The average Bonchev–Trinajstić information content (AvgIpc) is 2.22. The number of thioether (sulfide) groups is 1. The zero-order valence-corrected chi connectivity index (χ0v) is 10.3. The van der Waals surface area contributed by atoms with Crippen LogP contribution in [0.4, 0.5) is 10.1 Å². The van der Waals surface area contributed by atoms with Gasteiger partial charge in [0.25, 0.3) is 0 Å². The van der Waals surface area contributed by atoms with Gasteiger partial charge in [-0.05, 0) is 38.0 Å². The summed E-state index contributed by atoms with van der Waals surface area (Å²) in [7, 11) is 0. The Kier molecular flexibility index (Phi) is 3.49. The maximum absolute atomic E-state index is 13.6. The molecule has 1 aromatic rings. The summed E-state index contributed by atoms with van der Waals surface area (Å²) in [6.45, 7) is 3.95. The minimum atomic E-state index is -0.221. The van der Waals surface area contributed by atoms with E-state index in [1.165, 1.54) is 6.07 Å². The van der Waals surface area contributed by atoms with Crippen LogP contribution in [0.5, 0.6) is 0 Å². The number of hydrogen-bond acceptors (Lipinski definition) is 3. The first-order valence-electron chi connectivity index (χ1n) is 5.39. The van der Waals surface area contributed by atoms with Gasteiger partial charge < -0.3 is 5.32 Å². The highest BCUT2D eigenvalue weighted by molar-refractivity contribution is 8.14. The van der Waals surface area contributed by atoms with Gasteiger partial charge in [0.15, 0.2) is 5.17 Å². The van der Waals surface area contributed by atoms with E-state index in [1.807, 2.05) is 13.0 Å². The van der Waals surface area contributed by atoms with Crippen molar-refractivity contribution in [2.24, 2.45) is 4.99 Å². The van der Waals surface area contributed by atoms with Crippen LogP contribution in [0, 0.1) is 12.7 Å². The smallest absolute Gasteiger partial charge is 0.161 e. The molecule has 0 aliphatic carbocycles. The Bertz CT molecular complexity index is 417. The Morgan fingerprint density at radius 2 is 2.31 bits per heavy atom. The largest absolute Gasteiger partial charge is 0.333 e. The molecule has 0 radical (unpaired) electrons. The highest BCUT2D eigenvalue weighted by atomic mass is 32.2. The van der Waals surface area contributed by atoms with Gasteiger partial charge in [0.1, 0.15) is 5.82 Å². The Labute approximate surface area is 99.3 Å². The maximum atomic E-state index is 13.6. The minimum absolute atomic E-state index is 0.221. The molecule has 0 amide bonds. The molecule has 1 atom stereocenters. The van der Waals surface area contributed by atoms with Crippen LogP contribution in [0.2, 0.25) is 0 Å². The van der Waals surface area contributed by atoms with Gasteiger partial charge in [-0.15, -0.1) is 0 Å². The van der Waals surface area contributed by atoms with Crippen molar-refractivity contribution in [2.45, 2.75) is 26.3 Å². The van der Waals surface area contributed by atoms with Crippen LogP contribution < -0.4 is 5.32 Å². The number of aryl methyl sites for hydroxylation is 1. The first kappa shape index (κ1) is 11.5. The molecule has 1 heterocycles. The van der Waals surface area contributed by atoms with E-state index in [9.17, 15) is 4.39 Å². The van der Waals surface area contributed by atoms with Crippen molar-refractivity contribution in [3.8, 4) is 0 Å². The molecule has 4 heteroatoms. The number of halogens is 1. The summed E-state index contributed by atoms with van der Waals surface area (Å²) in [5, 5.41) is 3.87. The molecular weight excluding hydrogens is 223 g/mol. The second-order valence-electron chi connectivity index (χ2n) is 4.03. The molecule has 0 saturated heterocycles. The molecule has 1 aromatic carbocycles. The molecule has 86 valence electrons. The van der Waals surface area contributed by atoms with E-state index in [0.717, 1.165) is 22.9 Å². The highest BCUT2D eigenvalue weighted by Crippen LogP contribution is 2.21. The van der Waals surface area contributed by atoms with Gasteiger partial charge in [-0.1, -0.05) is 17.8 Å². The number of hydrogen-bond donors (Lipinski definition) is 1. The number of aliphatic imine (C=N–C) groups is 1. The average molecular weight is 238 g/mol. The molecule has 1 aliphatic heterocycles. The maximum Gasteiger partial charge on any atom is 0.161 e. The number of anilines is 1. The zero-order valence-electron chi connectivity index (χ0n) is 9.46. The fourth-order valence-corrected chi connectivity index (χ4v) is 2.62. The minimum Gasteiger partial charge on any atom is -0.333 e. The van der Waals surface area contributed by atoms with Crippen LogP contribution in [-0.4, -0.2) is 17.0 Å². The van der Waals surface area contributed by atoms with Crippen LogP contribution >= 0.6 is 11.8 Å². The predicted octanol–water partition coefficient (Wildman–Crippen LogP) is 3.43. The second-order valence-corrected chi connectivity index (χ2v) is 5.11. The Morgan fingerprint density at radius 1 is 1.50 bits per heavy atom. The van der Waals surface area contributed by atoms with E-state index in [-0.39, 0.29) is 5.82 Å². The Hall–Kier alpha value is -1.03. The summed E-state index contributed by atoms with van der Waals surface area (Å²) in [6.07, 6.45) is 1.09. The molecule has 16 heavy (non-hydrogen) atoms. The fraction of sp³-hybridized carbons (Fsp3) is 0.417. The molecule has 1 N–H and O–H groups in total. The van der Waals surface area contributed by atoms with Gasteiger partial charge >= 0.3 is 0 Å². The number of nitrogens with zero attached hydrogens (tertiary/aromatic N) is 1. The summed E-state index contributed by atoms with van der Waals surface area (Å²) in [4.78, 5) is 4.44. The molecule has 0 aromatic heterocycles. The van der Waals surface area contributed by atoms with Crippen LogP contribution in [0.1, 0.15) is 18.9 Å². The van der Waals surface area contributed by atoms with Gasteiger partial charge in [-0.25, -0.2) is 4.39 Å². The normalized spacial score (nSPS) is 20.4. The molecule has 2 rings (SSSR count). The van der Waals surface area contributed by atoms with Gasteiger partial charge in [-0.3, -0.25) is 4.99 Å². The van der Waals surface area contributed by atoms with Gasteiger partial charge in [0, 0.05) is 5.75 Å². The predicted molar refractivity (Wildman–Crippen MR) is 68.7 cm³/mol. The molecule has 2 nitrogen and oxygen atoms in total. The van der Waals surface area contributed by atoms with Crippen molar-refractivity contribution >= 4 is 22.6 Å². The summed E-state index contributed by atoms with van der Waals surface area (Å²) < 4.78 is 13.6. The van der Waals surface area contributed by atoms with Crippen LogP contribution in [0.3, 0.4) is 0 Å². The second kappa shape index (κ2) is 4.87. The Morgan fingerprint density at radius 3 is 3.00 bits per heavy atom. The summed E-state index contributed by atoms with van der Waals surface area (Å²) in [6, 6.07) is 5.51. The summed E-state index contributed by atoms with van der Waals surface area (Å²) in [5.74, 6) is 0.821. The lowest BCUT2D eigenvalue weighted by Crippen LogP contribution is -2.18. The molecule has 0 bridgehead atoms. The molecule has 1 aliphatic rings. The third-order valence-electron chi connectivity index (χ3n) is 2.48. The molecule has 0 saturated carbocycles. The lowest BCUT2D eigenvalue weighted by molar-refractivity contribution is 0.631. The van der Waals surface area contributed by atoms with Crippen LogP contribution in [-0.2, 0) is 0 Å². The summed E-state index contributed by atoms with van der Waals surface area (Å²) >= 11 is 1.65. The van der Waals surface area contributed by atoms with E-state index in [2.05, 4.69) is 17.2 Å². The van der Waals surface area contributed by atoms with Crippen molar-refractivity contribution in [2.75, 3.05) is 11.1 Å². The first-order chi connectivity index (χ1) is 7.65. The standard InChI is InChI=1S/C12H15FN2S/c1-8-3-4-11(10(13)7-8)15-12-14-9(2)5-6-16-12/h3-4,7,9H,5-6H2,1-2H3,(H,14,15). The molecule has 0 spiro atoms. The van der Waals surface area contributed by atoms with Gasteiger partial charge in [-0.2, -0.15) is 0 Å². The third-order valence-corrected chi connectivity index (χ3v) is 3.40. The summed E-state index contributed by atoms with van der Waals surface area (Å²) in [5.41, 5.74) is 1.43. The van der Waals surface area contributed by atoms with E-state index >= 15 is 0 Å². The number of benzene rings is 1. The monoisotopic (exact) mass is 238 g/mol. The van der Waals surface area contributed by atoms with Crippen molar-refractivity contribution in [1.29, 1.82) is 0 Å². The molecular formula is C12H15FN2S. The lowest BCUT2D eigenvalue weighted by atomic mass is 10.2. The van der Waals surface area contributed by atoms with Crippen molar-refractivity contribution < 1.29 is 4.39 Å². The van der Waals surface area contributed by atoms with Crippen molar-refractivity contribution in [3.05, 3.63) is 29.6 Å². The van der Waals surface area contributed by atoms with E-state index in [1.54, 1.807) is 17.8 Å². The number of nitrogens with one attached hydrogen (secondary N) is 1. The number of amidine groups is 1. The Balaban J connectivity index is 2.14. The van der Waals surface area contributed by atoms with Gasteiger partial charge in [0.2, 0.25) is 0 Å². The highest BCUT2D eigenvalue weighted by Gasteiger charge is 2.12. The third kappa shape index (κ3) is 2.76. The van der Waals surface area contributed by atoms with Gasteiger partial charge in [0.05, 0.1) is 11.7 Å². The van der Waals surface area contributed by atoms with Crippen molar-refractivity contribution in [1.82, 2.24) is 0 Å². The SMILES string of the molecule is Cc1ccc(NC2=NC(C)CCS2)c(F)c1.